The van der Waals surface area contributed by atoms with E-state index in [-0.39, 0.29) is 11.6 Å². The fourth-order valence-electron chi connectivity index (χ4n) is 2.73. The highest BCUT2D eigenvalue weighted by molar-refractivity contribution is 9.10. The van der Waals surface area contributed by atoms with Gasteiger partial charge in [-0.15, -0.1) is 0 Å². The molecule has 0 heterocycles. The number of nitrogens with one attached hydrogen (secondary N) is 1. The Balaban J connectivity index is 1.81. The van der Waals surface area contributed by atoms with Crippen molar-refractivity contribution >= 4 is 27.5 Å². The smallest absolute Gasteiger partial charge is 0.252 e. The number of amides is 1. The number of carbonyl (C=O) groups is 1. The molecule has 0 aliphatic heterocycles. The molecule has 0 radical (unpaired) electrons. The largest absolute Gasteiger partial charge is 0.396 e. The monoisotopic (exact) mass is 342 g/mol. The summed E-state index contributed by atoms with van der Waals surface area (Å²) in [7, 11) is 0. The Morgan fingerprint density at radius 3 is 2.80 bits per heavy atom. The molecule has 1 saturated carbocycles. The summed E-state index contributed by atoms with van der Waals surface area (Å²) >= 11 is 3.19. The van der Waals surface area contributed by atoms with Crippen LogP contribution in [0.3, 0.4) is 0 Å². The topological polar surface area (TPSA) is 55.1 Å². The third-order valence-corrected chi connectivity index (χ3v) is 4.54. The van der Waals surface area contributed by atoms with Crippen LogP contribution in [0, 0.1) is 11.7 Å². The lowest BCUT2D eigenvalue weighted by atomic mass is 10.0. The molecule has 1 aromatic rings. The number of rotatable bonds is 5. The second kappa shape index (κ2) is 7.07. The number of anilines is 1. The van der Waals surface area contributed by atoms with Crippen molar-refractivity contribution in [2.75, 3.05) is 12.3 Å². The van der Waals surface area contributed by atoms with Gasteiger partial charge in [-0.05, 0) is 46.8 Å². The predicted octanol–water partition coefficient (Wildman–Crippen LogP) is 3.87. The van der Waals surface area contributed by atoms with Crippen molar-refractivity contribution in [3.05, 3.63) is 28.0 Å². The van der Waals surface area contributed by atoms with Crippen LogP contribution < -0.4 is 11.1 Å². The first-order valence-corrected chi connectivity index (χ1v) is 7.90. The number of halogens is 2. The Bertz CT molecular complexity index is 487. The number of hydrogen-bond acceptors (Lipinski definition) is 2. The van der Waals surface area contributed by atoms with Crippen molar-refractivity contribution in [1.29, 1.82) is 0 Å². The highest BCUT2D eigenvalue weighted by Crippen LogP contribution is 2.28. The van der Waals surface area contributed by atoms with Crippen molar-refractivity contribution < 1.29 is 9.18 Å². The number of carbonyl (C=O) groups excluding carboxylic acids is 1. The number of benzene rings is 1. The van der Waals surface area contributed by atoms with Crippen molar-refractivity contribution in [1.82, 2.24) is 5.32 Å². The van der Waals surface area contributed by atoms with Crippen LogP contribution in [0.4, 0.5) is 10.1 Å². The van der Waals surface area contributed by atoms with Gasteiger partial charge in [0.25, 0.3) is 5.91 Å². The Morgan fingerprint density at radius 2 is 2.10 bits per heavy atom. The molecule has 1 aromatic carbocycles. The van der Waals surface area contributed by atoms with E-state index >= 15 is 0 Å². The van der Waals surface area contributed by atoms with Gasteiger partial charge in [0.15, 0.2) is 0 Å². The van der Waals surface area contributed by atoms with Crippen molar-refractivity contribution in [2.24, 2.45) is 5.92 Å². The van der Waals surface area contributed by atoms with Crippen LogP contribution in [0.5, 0.6) is 0 Å². The Morgan fingerprint density at radius 1 is 1.40 bits per heavy atom. The number of nitrogen functional groups attached to an aromatic ring is 1. The van der Waals surface area contributed by atoms with E-state index in [9.17, 15) is 9.18 Å². The minimum atomic E-state index is -0.519. The second-order valence-corrected chi connectivity index (χ2v) is 6.26. The maximum absolute atomic E-state index is 13.2. The number of nitrogens with two attached hydrogens (primary N) is 1. The van der Waals surface area contributed by atoms with Crippen molar-refractivity contribution in [3.8, 4) is 0 Å². The van der Waals surface area contributed by atoms with Gasteiger partial charge in [0.2, 0.25) is 0 Å². The third-order valence-electron chi connectivity index (χ3n) is 3.88. The lowest BCUT2D eigenvalue weighted by Gasteiger charge is -2.10. The molecule has 110 valence electrons. The fraction of sp³-hybridized carbons (Fsp3) is 0.533. The van der Waals surface area contributed by atoms with Crippen LogP contribution in [0.1, 0.15) is 48.9 Å². The van der Waals surface area contributed by atoms with Crippen LogP contribution in [0.25, 0.3) is 0 Å². The summed E-state index contributed by atoms with van der Waals surface area (Å²) in [4.78, 5) is 12.0. The van der Waals surface area contributed by atoms with Crippen molar-refractivity contribution in [2.45, 2.75) is 38.5 Å². The fourth-order valence-corrected chi connectivity index (χ4v) is 3.22. The summed E-state index contributed by atoms with van der Waals surface area (Å²) in [5.74, 6) is 0.102. The maximum atomic E-state index is 13.2. The highest BCUT2D eigenvalue weighted by atomic mass is 79.9. The zero-order chi connectivity index (χ0) is 14.5. The second-order valence-electron chi connectivity index (χ2n) is 5.40. The van der Waals surface area contributed by atoms with Gasteiger partial charge in [0.1, 0.15) is 5.82 Å². The molecule has 2 rings (SSSR count). The molecule has 5 heteroatoms. The van der Waals surface area contributed by atoms with Gasteiger partial charge in [0, 0.05) is 11.0 Å². The molecule has 3 N–H and O–H groups in total. The Labute approximate surface area is 127 Å². The molecule has 20 heavy (non-hydrogen) atoms. The Kier molecular flexibility index (Phi) is 5.40. The first kappa shape index (κ1) is 15.3. The molecule has 1 aliphatic carbocycles. The quantitative estimate of drug-likeness (QED) is 0.630. The average molecular weight is 343 g/mol. The SMILES string of the molecule is Nc1cc(C(=O)NCCCC2CCCC2)c(Br)cc1F. The molecule has 0 spiro atoms. The van der Waals surface area contributed by atoms with E-state index in [1.165, 1.54) is 44.2 Å². The molecule has 0 saturated heterocycles. The van der Waals surface area contributed by atoms with E-state index in [1.54, 1.807) is 0 Å². The van der Waals surface area contributed by atoms with Gasteiger partial charge in [-0.2, -0.15) is 0 Å². The van der Waals surface area contributed by atoms with Crippen LogP contribution in [0.2, 0.25) is 0 Å². The summed E-state index contributed by atoms with van der Waals surface area (Å²) in [5.41, 5.74) is 5.86. The van der Waals surface area contributed by atoms with Crippen LogP contribution in [-0.4, -0.2) is 12.5 Å². The van der Waals surface area contributed by atoms with Crippen LogP contribution in [-0.2, 0) is 0 Å². The first-order valence-electron chi connectivity index (χ1n) is 7.10. The summed E-state index contributed by atoms with van der Waals surface area (Å²) in [6.07, 6.45) is 7.51. The van der Waals surface area contributed by atoms with E-state index in [4.69, 9.17) is 5.73 Å². The molecular formula is C15H20BrFN2O. The summed E-state index contributed by atoms with van der Waals surface area (Å²) in [6, 6.07) is 2.59. The molecule has 0 aromatic heterocycles. The van der Waals surface area contributed by atoms with Gasteiger partial charge >= 0.3 is 0 Å². The molecule has 0 atom stereocenters. The summed E-state index contributed by atoms with van der Waals surface area (Å²) < 4.78 is 13.6. The average Bonchev–Trinajstić information content (AvgIpc) is 2.92. The molecule has 1 amide bonds. The minimum Gasteiger partial charge on any atom is -0.396 e. The lowest BCUT2D eigenvalue weighted by molar-refractivity contribution is 0.0951. The van der Waals surface area contributed by atoms with Gasteiger partial charge in [-0.3, -0.25) is 4.79 Å². The van der Waals surface area contributed by atoms with Crippen LogP contribution in [0.15, 0.2) is 16.6 Å². The Hall–Kier alpha value is -1.10. The van der Waals surface area contributed by atoms with Gasteiger partial charge in [0.05, 0.1) is 11.3 Å². The first-order chi connectivity index (χ1) is 9.58. The van der Waals surface area contributed by atoms with Gasteiger partial charge in [-0.25, -0.2) is 4.39 Å². The minimum absolute atomic E-state index is 0.00990. The molecule has 1 aliphatic rings. The summed E-state index contributed by atoms with van der Waals surface area (Å²) in [5, 5.41) is 2.86. The highest BCUT2D eigenvalue weighted by Gasteiger charge is 2.15. The van der Waals surface area contributed by atoms with E-state index in [1.807, 2.05) is 0 Å². The molecule has 0 bridgehead atoms. The van der Waals surface area contributed by atoms with E-state index < -0.39 is 5.82 Å². The standard InChI is InChI=1S/C15H20BrFN2O/c16-12-9-13(17)14(18)8-11(12)15(20)19-7-3-6-10-4-1-2-5-10/h8-10H,1-7,18H2,(H,19,20). The summed E-state index contributed by atoms with van der Waals surface area (Å²) in [6.45, 7) is 0.652. The molecule has 3 nitrogen and oxygen atoms in total. The molecular weight excluding hydrogens is 323 g/mol. The van der Waals surface area contributed by atoms with E-state index in [0.717, 1.165) is 12.3 Å². The van der Waals surface area contributed by atoms with E-state index in [0.29, 0.717) is 16.6 Å². The van der Waals surface area contributed by atoms with E-state index in [2.05, 4.69) is 21.2 Å². The zero-order valence-corrected chi connectivity index (χ0v) is 13.0. The van der Waals surface area contributed by atoms with Gasteiger partial charge in [-0.1, -0.05) is 25.7 Å². The molecule has 1 fully saturated rings. The van der Waals surface area contributed by atoms with Crippen molar-refractivity contribution in [3.63, 3.8) is 0 Å². The van der Waals surface area contributed by atoms with Gasteiger partial charge < -0.3 is 11.1 Å². The number of hydrogen-bond donors (Lipinski definition) is 2. The lowest BCUT2D eigenvalue weighted by Crippen LogP contribution is -2.25. The maximum Gasteiger partial charge on any atom is 0.252 e. The van der Waals surface area contributed by atoms with Crippen LogP contribution >= 0.6 is 15.9 Å². The normalized spacial score (nSPS) is 15.5. The third kappa shape index (κ3) is 3.95. The molecule has 0 unspecified atom stereocenters. The predicted molar refractivity (Wildman–Crippen MR) is 82.0 cm³/mol. The zero-order valence-electron chi connectivity index (χ0n) is 11.4.